The molecule has 1 heterocycles. The van der Waals surface area contributed by atoms with Crippen LogP contribution in [0.4, 0.5) is 14.5 Å². The quantitative estimate of drug-likeness (QED) is 0.780. The van der Waals surface area contributed by atoms with Crippen LogP contribution in [0.1, 0.15) is 24.9 Å². The number of nitrogens with one attached hydrogen (secondary N) is 1. The van der Waals surface area contributed by atoms with Crippen molar-refractivity contribution in [3.63, 3.8) is 0 Å². The van der Waals surface area contributed by atoms with Crippen LogP contribution >= 0.6 is 11.6 Å². The van der Waals surface area contributed by atoms with Crippen LogP contribution < -0.4 is 15.0 Å². The van der Waals surface area contributed by atoms with Gasteiger partial charge in [0.05, 0.1) is 22.7 Å². The molecule has 2 aromatic carbocycles. The summed E-state index contributed by atoms with van der Waals surface area (Å²) in [6.45, 7) is -0.852. The first-order valence-corrected chi connectivity index (χ1v) is 9.13. The Morgan fingerprint density at radius 1 is 1.21 bits per heavy atom. The maximum absolute atomic E-state index is 12.6. The van der Waals surface area contributed by atoms with Crippen LogP contribution in [-0.2, 0) is 9.59 Å². The third-order valence-corrected chi connectivity index (χ3v) is 4.92. The highest BCUT2D eigenvalue weighted by atomic mass is 35.5. The van der Waals surface area contributed by atoms with Crippen LogP contribution in [0.15, 0.2) is 48.5 Å². The zero-order chi connectivity index (χ0) is 20.3. The van der Waals surface area contributed by atoms with Gasteiger partial charge in [-0.1, -0.05) is 35.9 Å². The maximum Gasteiger partial charge on any atom is 0.387 e. The van der Waals surface area contributed by atoms with Crippen molar-refractivity contribution in [2.24, 2.45) is 5.92 Å². The fourth-order valence-electron chi connectivity index (χ4n) is 3.14. The number of amides is 2. The summed E-state index contributed by atoms with van der Waals surface area (Å²) in [5, 5.41) is 3.32. The minimum atomic E-state index is -2.89. The SMILES string of the molecule is CC(NC(=O)C1CC(=O)N(c2ccccc2Cl)C1)c1ccc(OC(F)F)cc1. The Kier molecular flexibility index (Phi) is 6.14. The van der Waals surface area contributed by atoms with Crippen molar-refractivity contribution in [1.29, 1.82) is 0 Å². The van der Waals surface area contributed by atoms with Gasteiger partial charge in [0.2, 0.25) is 11.8 Å². The zero-order valence-electron chi connectivity index (χ0n) is 15.1. The van der Waals surface area contributed by atoms with Gasteiger partial charge in [0.15, 0.2) is 0 Å². The second-order valence-corrected chi connectivity index (χ2v) is 6.94. The molecule has 0 bridgehead atoms. The Morgan fingerprint density at radius 2 is 1.89 bits per heavy atom. The number of hydrogen-bond acceptors (Lipinski definition) is 3. The summed E-state index contributed by atoms with van der Waals surface area (Å²) in [7, 11) is 0. The van der Waals surface area contributed by atoms with E-state index in [1.807, 2.05) is 0 Å². The number of carbonyl (C=O) groups is 2. The molecule has 2 amide bonds. The van der Waals surface area contributed by atoms with Crippen LogP contribution in [0.3, 0.4) is 0 Å². The topological polar surface area (TPSA) is 58.6 Å². The third kappa shape index (κ3) is 4.59. The molecule has 0 radical (unpaired) electrons. The van der Waals surface area contributed by atoms with E-state index in [0.717, 1.165) is 5.56 Å². The molecule has 148 valence electrons. The third-order valence-electron chi connectivity index (χ3n) is 4.60. The molecule has 0 aliphatic carbocycles. The average molecular weight is 409 g/mol. The first-order chi connectivity index (χ1) is 13.3. The summed E-state index contributed by atoms with van der Waals surface area (Å²) < 4.78 is 28.7. The molecule has 0 aromatic heterocycles. The van der Waals surface area contributed by atoms with Gasteiger partial charge in [0, 0.05) is 13.0 Å². The summed E-state index contributed by atoms with van der Waals surface area (Å²) in [5.74, 6) is -0.848. The van der Waals surface area contributed by atoms with Crippen LogP contribution in [-0.4, -0.2) is 25.0 Å². The van der Waals surface area contributed by atoms with Crippen LogP contribution in [0, 0.1) is 5.92 Å². The Balaban J connectivity index is 1.62. The predicted molar refractivity (Wildman–Crippen MR) is 102 cm³/mol. The molecule has 2 unspecified atom stereocenters. The van der Waals surface area contributed by atoms with Crippen molar-refractivity contribution in [1.82, 2.24) is 5.32 Å². The molecule has 1 aliphatic rings. The number of benzene rings is 2. The smallest absolute Gasteiger partial charge is 0.387 e. The zero-order valence-corrected chi connectivity index (χ0v) is 15.8. The summed E-state index contributed by atoms with van der Waals surface area (Å²) in [4.78, 5) is 26.5. The Hall–Kier alpha value is -2.67. The molecule has 3 rings (SSSR count). The number of anilines is 1. The number of nitrogens with zero attached hydrogens (tertiary/aromatic N) is 1. The number of alkyl halides is 2. The lowest BCUT2D eigenvalue weighted by Crippen LogP contribution is -2.34. The molecular formula is C20H19ClF2N2O3. The molecular weight excluding hydrogens is 390 g/mol. The number of carbonyl (C=O) groups excluding carboxylic acids is 2. The van der Waals surface area contributed by atoms with Crippen molar-refractivity contribution >= 4 is 29.1 Å². The maximum atomic E-state index is 12.6. The highest BCUT2D eigenvalue weighted by Gasteiger charge is 2.36. The highest BCUT2D eigenvalue weighted by Crippen LogP contribution is 2.31. The first kappa shape index (κ1) is 20.1. The summed E-state index contributed by atoms with van der Waals surface area (Å²) in [6, 6.07) is 12.7. The minimum absolute atomic E-state index is 0.0500. The Bertz CT molecular complexity index is 861. The normalized spacial score (nSPS) is 17.7. The van der Waals surface area contributed by atoms with E-state index in [1.54, 1.807) is 43.3 Å². The molecule has 1 aliphatic heterocycles. The number of ether oxygens (including phenoxy) is 1. The molecule has 2 aromatic rings. The van der Waals surface area contributed by atoms with E-state index < -0.39 is 12.5 Å². The number of halogens is 3. The molecule has 28 heavy (non-hydrogen) atoms. The number of para-hydroxylation sites is 1. The van der Waals surface area contributed by atoms with Gasteiger partial charge in [0.25, 0.3) is 0 Å². The van der Waals surface area contributed by atoms with Gasteiger partial charge < -0.3 is 15.0 Å². The largest absolute Gasteiger partial charge is 0.435 e. The Morgan fingerprint density at radius 3 is 2.54 bits per heavy atom. The fourth-order valence-corrected chi connectivity index (χ4v) is 3.38. The van der Waals surface area contributed by atoms with E-state index in [9.17, 15) is 18.4 Å². The van der Waals surface area contributed by atoms with Gasteiger partial charge >= 0.3 is 6.61 Å². The van der Waals surface area contributed by atoms with Gasteiger partial charge in [-0.25, -0.2) is 0 Å². The van der Waals surface area contributed by atoms with E-state index in [1.165, 1.54) is 17.0 Å². The molecule has 1 fully saturated rings. The van der Waals surface area contributed by atoms with Crippen LogP contribution in [0.2, 0.25) is 5.02 Å². The summed E-state index contributed by atoms with van der Waals surface area (Å²) in [6.07, 6.45) is 0.102. The molecule has 0 saturated carbocycles. The van der Waals surface area contributed by atoms with Crippen LogP contribution in [0.25, 0.3) is 0 Å². The lowest BCUT2D eigenvalue weighted by molar-refractivity contribution is -0.126. The van der Waals surface area contributed by atoms with Crippen molar-refractivity contribution in [2.75, 3.05) is 11.4 Å². The average Bonchev–Trinajstić information content (AvgIpc) is 3.04. The van der Waals surface area contributed by atoms with Gasteiger partial charge in [-0.3, -0.25) is 9.59 Å². The highest BCUT2D eigenvalue weighted by molar-refractivity contribution is 6.33. The number of hydrogen-bond donors (Lipinski definition) is 1. The molecule has 2 atom stereocenters. The van der Waals surface area contributed by atoms with E-state index in [0.29, 0.717) is 10.7 Å². The van der Waals surface area contributed by atoms with Gasteiger partial charge in [-0.05, 0) is 36.8 Å². The predicted octanol–water partition coefficient (Wildman–Crippen LogP) is 4.17. The second kappa shape index (κ2) is 8.56. The van der Waals surface area contributed by atoms with Crippen molar-refractivity contribution < 1.29 is 23.1 Å². The van der Waals surface area contributed by atoms with E-state index in [-0.39, 0.29) is 36.6 Å². The standard InChI is InChI=1S/C20H19ClF2N2O3/c1-12(13-6-8-15(9-7-13)28-20(22)23)24-19(27)14-10-18(26)25(11-14)17-5-3-2-4-16(17)21/h2-9,12,14,20H,10-11H2,1H3,(H,24,27). The summed E-state index contributed by atoms with van der Waals surface area (Å²) in [5.41, 5.74) is 1.33. The Labute approximate surface area is 166 Å². The monoisotopic (exact) mass is 408 g/mol. The van der Waals surface area contributed by atoms with Crippen molar-refractivity contribution in [3.05, 3.63) is 59.1 Å². The fraction of sp³-hybridized carbons (Fsp3) is 0.300. The van der Waals surface area contributed by atoms with E-state index in [2.05, 4.69) is 10.1 Å². The van der Waals surface area contributed by atoms with Gasteiger partial charge in [0.1, 0.15) is 5.75 Å². The van der Waals surface area contributed by atoms with Gasteiger partial charge in [-0.2, -0.15) is 8.78 Å². The first-order valence-electron chi connectivity index (χ1n) is 8.75. The second-order valence-electron chi connectivity index (χ2n) is 6.53. The lowest BCUT2D eigenvalue weighted by atomic mass is 10.0. The van der Waals surface area contributed by atoms with Crippen molar-refractivity contribution in [2.45, 2.75) is 26.0 Å². The van der Waals surface area contributed by atoms with Gasteiger partial charge in [-0.15, -0.1) is 0 Å². The molecule has 1 N–H and O–H groups in total. The van der Waals surface area contributed by atoms with E-state index in [4.69, 9.17) is 11.6 Å². The van der Waals surface area contributed by atoms with Crippen molar-refractivity contribution in [3.8, 4) is 5.75 Å². The molecule has 5 nitrogen and oxygen atoms in total. The van der Waals surface area contributed by atoms with Crippen LogP contribution in [0.5, 0.6) is 5.75 Å². The lowest BCUT2D eigenvalue weighted by Gasteiger charge is -2.19. The molecule has 8 heteroatoms. The summed E-state index contributed by atoms with van der Waals surface area (Å²) >= 11 is 6.15. The van der Waals surface area contributed by atoms with E-state index >= 15 is 0 Å². The molecule has 0 spiro atoms. The number of rotatable bonds is 6. The minimum Gasteiger partial charge on any atom is -0.435 e. The molecule has 1 saturated heterocycles.